The van der Waals surface area contributed by atoms with E-state index < -0.39 is 5.60 Å². The second-order valence-corrected chi connectivity index (χ2v) is 8.41. The summed E-state index contributed by atoms with van der Waals surface area (Å²) in [4.78, 5) is 0.932. The van der Waals surface area contributed by atoms with Crippen molar-refractivity contribution in [3.05, 3.63) is 16.3 Å². The zero-order valence-corrected chi connectivity index (χ0v) is 14.3. The van der Waals surface area contributed by atoms with Crippen molar-refractivity contribution in [3.63, 3.8) is 0 Å². The van der Waals surface area contributed by atoms with Crippen LogP contribution in [-0.4, -0.2) is 11.2 Å². The molecule has 110 valence electrons. The van der Waals surface area contributed by atoms with Gasteiger partial charge in [0.05, 0.1) is 11.0 Å². The molecular weight excluding hydrogens is 256 g/mol. The first-order valence-corrected chi connectivity index (χ1v) is 7.76. The SMILES string of the molecule is CC(C)Oc1ccsc1C(O)(C(C)(C)C)C(C)(C)C. The molecule has 2 nitrogen and oxygen atoms in total. The minimum Gasteiger partial charge on any atom is -0.490 e. The minimum atomic E-state index is -0.932. The van der Waals surface area contributed by atoms with Gasteiger partial charge in [-0.15, -0.1) is 11.3 Å². The molecule has 19 heavy (non-hydrogen) atoms. The molecule has 1 N–H and O–H groups in total. The topological polar surface area (TPSA) is 29.5 Å². The average molecular weight is 284 g/mol. The van der Waals surface area contributed by atoms with Crippen molar-refractivity contribution in [2.75, 3.05) is 0 Å². The van der Waals surface area contributed by atoms with Crippen LogP contribution in [0.2, 0.25) is 0 Å². The molecule has 0 atom stereocenters. The van der Waals surface area contributed by atoms with Crippen molar-refractivity contribution >= 4 is 11.3 Å². The highest BCUT2D eigenvalue weighted by Crippen LogP contribution is 2.55. The van der Waals surface area contributed by atoms with Crippen LogP contribution in [-0.2, 0) is 5.60 Å². The van der Waals surface area contributed by atoms with E-state index in [9.17, 15) is 5.11 Å². The Morgan fingerprint density at radius 1 is 1.05 bits per heavy atom. The maximum atomic E-state index is 11.5. The monoisotopic (exact) mass is 284 g/mol. The van der Waals surface area contributed by atoms with Gasteiger partial charge in [0, 0.05) is 0 Å². The van der Waals surface area contributed by atoms with Gasteiger partial charge in [-0.25, -0.2) is 0 Å². The summed E-state index contributed by atoms with van der Waals surface area (Å²) in [5.74, 6) is 0.812. The third-order valence-corrected chi connectivity index (χ3v) is 4.50. The van der Waals surface area contributed by atoms with Crippen molar-refractivity contribution in [3.8, 4) is 5.75 Å². The van der Waals surface area contributed by atoms with Crippen LogP contribution in [0.1, 0.15) is 60.3 Å². The fourth-order valence-corrected chi connectivity index (χ4v) is 4.06. The second kappa shape index (κ2) is 5.10. The molecule has 0 saturated heterocycles. The third-order valence-electron chi connectivity index (χ3n) is 3.49. The summed E-state index contributed by atoms with van der Waals surface area (Å²) in [5, 5.41) is 13.5. The summed E-state index contributed by atoms with van der Waals surface area (Å²) in [7, 11) is 0. The molecule has 0 radical (unpaired) electrons. The quantitative estimate of drug-likeness (QED) is 0.862. The van der Waals surface area contributed by atoms with Gasteiger partial charge in [0.1, 0.15) is 11.4 Å². The molecule has 0 bridgehead atoms. The van der Waals surface area contributed by atoms with E-state index in [1.54, 1.807) is 11.3 Å². The lowest BCUT2D eigenvalue weighted by atomic mass is 9.62. The summed E-state index contributed by atoms with van der Waals surface area (Å²) in [6, 6.07) is 1.96. The van der Waals surface area contributed by atoms with Crippen LogP contribution in [0.15, 0.2) is 11.4 Å². The molecule has 3 heteroatoms. The standard InChI is InChI=1S/C16H28O2S/c1-11(2)18-12-9-10-19-13(12)16(17,14(3,4)5)15(6,7)8/h9-11,17H,1-8H3. The third kappa shape index (κ3) is 2.97. The zero-order valence-electron chi connectivity index (χ0n) is 13.5. The first-order valence-electron chi connectivity index (χ1n) is 6.88. The van der Waals surface area contributed by atoms with Crippen molar-refractivity contribution in [2.24, 2.45) is 10.8 Å². The summed E-state index contributed by atoms with van der Waals surface area (Å²) >= 11 is 1.58. The Labute approximate surface area is 121 Å². The molecule has 1 aromatic heterocycles. The van der Waals surface area contributed by atoms with Crippen LogP contribution in [0, 0.1) is 10.8 Å². The highest BCUT2D eigenvalue weighted by Gasteiger charge is 2.52. The maximum Gasteiger partial charge on any atom is 0.136 e. The van der Waals surface area contributed by atoms with Crippen LogP contribution < -0.4 is 4.74 Å². The normalized spacial score (nSPS) is 14.0. The summed E-state index contributed by atoms with van der Waals surface area (Å²) in [6.45, 7) is 16.5. The van der Waals surface area contributed by atoms with E-state index >= 15 is 0 Å². The number of aliphatic hydroxyl groups is 1. The highest BCUT2D eigenvalue weighted by molar-refractivity contribution is 7.10. The minimum absolute atomic E-state index is 0.109. The Bertz CT molecular complexity index is 405. The second-order valence-electron chi connectivity index (χ2n) is 7.49. The molecule has 1 rings (SSSR count). The molecule has 0 aliphatic heterocycles. The van der Waals surface area contributed by atoms with E-state index in [-0.39, 0.29) is 16.9 Å². The predicted molar refractivity (Wildman–Crippen MR) is 82.9 cm³/mol. The Morgan fingerprint density at radius 2 is 1.53 bits per heavy atom. The first-order chi connectivity index (χ1) is 8.41. The van der Waals surface area contributed by atoms with Gasteiger partial charge >= 0.3 is 0 Å². The molecule has 0 spiro atoms. The number of rotatable bonds is 3. The zero-order chi connectivity index (χ0) is 15.1. The lowest BCUT2D eigenvalue weighted by Gasteiger charge is -2.49. The maximum absolute atomic E-state index is 11.5. The molecule has 0 aromatic carbocycles. The average Bonchev–Trinajstić information content (AvgIpc) is 2.60. The smallest absolute Gasteiger partial charge is 0.136 e. The lowest BCUT2D eigenvalue weighted by Crippen LogP contribution is -2.50. The Balaban J connectivity index is 3.40. The van der Waals surface area contributed by atoms with E-state index in [1.165, 1.54) is 0 Å². The Hall–Kier alpha value is -0.540. The van der Waals surface area contributed by atoms with E-state index in [0.29, 0.717) is 0 Å². The van der Waals surface area contributed by atoms with E-state index in [4.69, 9.17) is 4.74 Å². The van der Waals surface area contributed by atoms with Crippen LogP contribution in [0.25, 0.3) is 0 Å². The molecule has 0 unspecified atom stereocenters. The number of hydrogen-bond acceptors (Lipinski definition) is 3. The highest BCUT2D eigenvalue weighted by atomic mass is 32.1. The van der Waals surface area contributed by atoms with Gasteiger partial charge < -0.3 is 9.84 Å². The molecule has 1 heterocycles. The first kappa shape index (κ1) is 16.5. The van der Waals surface area contributed by atoms with Gasteiger partial charge in [-0.3, -0.25) is 0 Å². The predicted octanol–water partition coefficient (Wildman–Crippen LogP) is 4.82. The Morgan fingerprint density at radius 3 is 1.89 bits per heavy atom. The van der Waals surface area contributed by atoms with Gasteiger partial charge in [-0.1, -0.05) is 41.5 Å². The van der Waals surface area contributed by atoms with Crippen LogP contribution >= 0.6 is 11.3 Å². The number of ether oxygens (including phenoxy) is 1. The van der Waals surface area contributed by atoms with Crippen LogP contribution in [0.3, 0.4) is 0 Å². The van der Waals surface area contributed by atoms with Crippen LogP contribution in [0.5, 0.6) is 5.75 Å². The van der Waals surface area contributed by atoms with Gasteiger partial charge in [-0.2, -0.15) is 0 Å². The fraction of sp³-hybridized carbons (Fsp3) is 0.750. The van der Waals surface area contributed by atoms with E-state index in [2.05, 4.69) is 41.5 Å². The van der Waals surface area contributed by atoms with Crippen molar-refractivity contribution in [1.82, 2.24) is 0 Å². The molecular formula is C16H28O2S. The van der Waals surface area contributed by atoms with Gasteiger partial charge in [0.15, 0.2) is 0 Å². The van der Waals surface area contributed by atoms with Crippen LogP contribution in [0.4, 0.5) is 0 Å². The molecule has 0 saturated carbocycles. The number of hydrogen-bond donors (Lipinski definition) is 1. The molecule has 0 aliphatic carbocycles. The summed E-state index contributed by atoms with van der Waals surface area (Å²) in [5.41, 5.74) is -1.48. The number of thiophene rings is 1. The molecule has 0 amide bonds. The molecule has 1 aromatic rings. The van der Waals surface area contributed by atoms with Gasteiger partial charge in [0.2, 0.25) is 0 Å². The largest absolute Gasteiger partial charge is 0.490 e. The van der Waals surface area contributed by atoms with Crippen molar-refractivity contribution < 1.29 is 9.84 Å². The molecule has 0 aliphatic rings. The van der Waals surface area contributed by atoms with E-state index in [0.717, 1.165) is 10.6 Å². The fourth-order valence-electron chi connectivity index (χ4n) is 2.71. The van der Waals surface area contributed by atoms with Gasteiger partial charge in [0.25, 0.3) is 0 Å². The van der Waals surface area contributed by atoms with Crippen molar-refractivity contribution in [2.45, 2.75) is 67.1 Å². The summed E-state index contributed by atoms with van der Waals surface area (Å²) in [6.07, 6.45) is 0.109. The Kier molecular flexibility index (Phi) is 4.43. The lowest BCUT2D eigenvalue weighted by molar-refractivity contribution is -0.143. The summed E-state index contributed by atoms with van der Waals surface area (Å²) < 4.78 is 5.87. The molecule has 0 fully saturated rings. The van der Waals surface area contributed by atoms with E-state index in [1.807, 2.05) is 25.3 Å². The van der Waals surface area contributed by atoms with Gasteiger partial charge in [-0.05, 0) is 36.1 Å². The van der Waals surface area contributed by atoms with Crippen molar-refractivity contribution in [1.29, 1.82) is 0 Å².